The highest BCUT2D eigenvalue weighted by molar-refractivity contribution is 5.56. The van der Waals surface area contributed by atoms with Crippen molar-refractivity contribution in [2.45, 2.75) is 57.4 Å². The van der Waals surface area contributed by atoms with Crippen LogP contribution in [0, 0.1) is 18.3 Å². The molecule has 1 saturated heterocycles. The molecule has 4 rings (SSSR count). The molecule has 2 nitrogen and oxygen atoms in total. The minimum atomic E-state index is 0.383. The maximum atomic E-state index is 10.8. The fourth-order valence-electron chi connectivity index (χ4n) is 5.12. The quantitative estimate of drug-likeness (QED) is 0.788. The van der Waals surface area contributed by atoms with E-state index >= 15 is 0 Å². The highest BCUT2D eigenvalue weighted by atomic mass is 16.1. The summed E-state index contributed by atoms with van der Waals surface area (Å²) in [6, 6.07) is 9.95. The first-order valence-electron chi connectivity index (χ1n) is 8.93. The predicted molar refractivity (Wildman–Crippen MR) is 89.0 cm³/mol. The molecule has 0 amide bonds. The van der Waals surface area contributed by atoms with E-state index in [9.17, 15) is 4.79 Å². The Kier molecular flexibility index (Phi) is 3.60. The van der Waals surface area contributed by atoms with Gasteiger partial charge < -0.3 is 9.69 Å². The van der Waals surface area contributed by atoms with Crippen LogP contribution in [-0.4, -0.2) is 30.3 Å². The molecule has 22 heavy (non-hydrogen) atoms. The number of likely N-dealkylation sites (tertiary alicyclic amines) is 1. The zero-order chi connectivity index (χ0) is 15.2. The molecule has 2 saturated carbocycles. The van der Waals surface area contributed by atoms with Gasteiger partial charge in [0.05, 0.1) is 0 Å². The van der Waals surface area contributed by atoms with E-state index in [2.05, 4.69) is 36.1 Å². The Morgan fingerprint density at radius 3 is 2.27 bits per heavy atom. The molecule has 2 aliphatic carbocycles. The minimum Gasteiger partial charge on any atom is -0.303 e. The third kappa shape index (κ3) is 2.52. The lowest BCUT2D eigenvalue weighted by Gasteiger charge is -2.59. The van der Waals surface area contributed by atoms with Gasteiger partial charge in [-0.1, -0.05) is 29.8 Å². The van der Waals surface area contributed by atoms with Gasteiger partial charge >= 0.3 is 0 Å². The van der Waals surface area contributed by atoms with Crippen molar-refractivity contribution in [2.75, 3.05) is 13.1 Å². The fourth-order valence-corrected chi connectivity index (χ4v) is 5.12. The summed E-state index contributed by atoms with van der Waals surface area (Å²) < 4.78 is 0. The summed E-state index contributed by atoms with van der Waals surface area (Å²) in [5.74, 6) is 1.14. The Balaban J connectivity index is 1.27. The third-order valence-corrected chi connectivity index (χ3v) is 6.51. The highest BCUT2D eigenvalue weighted by Crippen LogP contribution is 2.59. The van der Waals surface area contributed by atoms with Crippen molar-refractivity contribution >= 4 is 6.29 Å². The van der Waals surface area contributed by atoms with E-state index in [-0.39, 0.29) is 0 Å². The number of rotatable bonds is 3. The van der Waals surface area contributed by atoms with Crippen LogP contribution in [0.5, 0.6) is 0 Å². The molecule has 2 heteroatoms. The monoisotopic (exact) mass is 297 g/mol. The van der Waals surface area contributed by atoms with E-state index in [1.807, 2.05) is 0 Å². The number of nitrogens with zero attached hydrogens (tertiary/aromatic N) is 1. The second-order valence-corrected chi connectivity index (χ2v) is 8.09. The number of piperidine rings is 1. The summed E-state index contributed by atoms with van der Waals surface area (Å²) in [6.07, 6.45) is 8.84. The minimum absolute atomic E-state index is 0.383. The van der Waals surface area contributed by atoms with E-state index in [1.165, 1.54) is 69.0 Å². The molecule has 1 aromatic rings. The van der Waals surface area contributed by atoms with Gasteiger partial charge in [-0.05, 0) is 75.4 Å². The first-order valence-corrected chi connectivity index (χ1v) is 8.93. The molecule has 1 aromatic carbocycles. The van der Waals surface area contributed by atoms with Crippen molar-refractivity contribution in [3.63, 3.8) is 0 Å². The van der Waals surface area contributed by atoms with Crippen molar-refractivity contribution in [3.05, 3.63) is 35.4 Å². The predicted octanol–water partition coefficient (Wildman–Crippen LogP) is 3.93. The molecule has 0 atom stereocenters. The van der Waals surface area contributed by atoms with Gasteiger partial charge in [0.15, 0.2) is 0 Å². The molecular weight excluding hydrogens is 270 g/mol. The Morgan fingerprint density at radius 1 is 1.05 bits per heavy atom. The van der Waals surface area contributed by atoms with Gasteiger partial charge in [0, 0.05) is 12.0 Å². The van der Waals surface area contributed by atoms with Crippen LogP contribution in [0.1, 0.15) is 55.6 Å². The zero-order valence-electron chi connectivity index (χ0n) is 13.6. The number of benzene rings is 1. The van der Waals surface area contributed by atoms with E-state index in [4.69, 9.17) is 0 Å². The van der Waals surface area contributed by atoms with Gasteiger partial charge in [-0.3, -0.25) is 0 Å². The molecule has 1 aliphatic heterocycles. The summed E-state index contributed by atoms with van der Waals surface area (Å²) in [7, 11) is 0. The third-order valence-electron chi connectivity index (χ3n) is 6.51. The molecular formula is C20H27NO. The molecule has 0 unspecified atom stereocenters. The largest absolute Gasteiger partial charge is 0.303 e. The SMILES string of the molecule is Cc1ccc(C2CCN(C3CC4(CC(C=O)C4)C3)CC2)cc1. The standard InChI is InChI=1S/C20H27NO/c1-15-2-4-17(5-3-15)18-6-8-21(9-7-18)19-12-20(13-19)10-16(11-20)14-22/h2-5,14,16,18-19H,6-13H2,1H3. The lowest BCUT2D eigenvalue weighted by molar-refractivity contribution is -0.130. The molecule has 0 aromatic heterocycles. The van der Waals surface area contributed by atoms with Gasteiger partial charge in [-0.2, -0.15) is 0 Å². The van der Waals surface area contributed by atoms with Gasteiger partial charge in [-0.25, -0.2) is 0 Å². The van der Waals surface area contributed by atoms with Crippen LogP contribution >= 0.6 is 0 Å². The first kappa shape index (κ1) is 14.4. The topological polar surface area (TPSA) is 20.3 Å². The van der Waals surface area contributed by atoms with Crippen molar-refractivity contribution < 1.29 is 4.79 Å². The summed E-state index contributed by atoms with van der Waals surface area (Å²) >= 11 is 0. The maximum absolute atomic E-state index is 10.8. The number of carbonyl (C=O) groups excluding carboxylic acids is 1. The molecule has 0 N–H and O–H groups in total. The molecule has 118 valence electrons. The van der Waals surface area contributed by atoms with E-state index in [0.717, 1.165) is 12.0 Å². The van der Waals surface area contributed by atoms with Crippen molar-refractivity contribution in [1.82, 2.24) is 4.90 Å². The lowest BCUT2D eigenvalue weighted by atomic mass is 9.50. The number of aldehydes is 1. The normalized spacial score (nSPS) is 35.9. The van der Waals surface area contributed by atoms with E-state index in [0.29, 0.717) is 11.3 Å². The molecule has 0 radical (unpaired) electrons. The summed E-state index contributed by atoms with van der Waals surface area (Å²) in [5.41, 5.74) is 3.46. The van der Waals surface area contributed by atoms with Crippen LogP contribution in [0.4, 0.5) is 0 Å². The Hall–Kier alpha value is -1.15. The molecule has 3 aliphatic rings. The number of hydrogen-bond donors (Lipinski definition) is 0. The average Bonchev–Trinajstić information content (AvgIpc) is 2.46. The van der Waals surface area contributed by atoms with E-state index < -0.39 is 0 Å². The second kappa shape index (κ2) is 5.49. The summed E-state index contributed by atoms with van der Waals surface area (Å²) in [4.78, 5) is 13.5. The number of hydrogen-bond acceptors (Lipinski definition) is 2. The second-order valence-electron chi connectivity index (χ2n) is 8.09. The molecule has 0 bridgehead atoms. The number of carbonyl (C=O) groups is 1. The maximum Gasteiger partial charge on any atom is 0.123 e. The van der Waals surface area contributed by atoms with Crippen LogP contribution < -0.4 is 0 Å². The van der Waals surface area contributed by atoms with Crippen molar-refractivity contribution in [2.24, 2.45) is 11.3 Å². The molecule has 3 fully saturated rings. The van der Waals surface area contributed by atoms with Crippen LogP contribution in [0.15, 0.2) is 24.3 Å². The fraction of sp³-hybridized carbons (Fsp3) is 0.650. The first-order chi connectivity index (χ1) is 10.7. The Bertz CT molecular complexity index is 527. The lowest BCUT2D eigenvalue weighted by Crippen LogP contribution is -2.57. The van der Waals surface area contributed by atoms with Gasteiger partial charge in [-0.15, -0.1) is 0 Å². The average molecular weight is 297 g/mol. The van der Waals surface area contributed by atoms with Gasteiger partial charge in [0.2, 0.25) is 0 Å². The van der Waals surface area contributed by atoms with Crippen molar-refractivity contribution in [1.29, 1.82) is 0 Å². The summed E-state index contributed by atoms with van der Waals surface area (Å²) in [6.45, 7) is 4.68. The van der Waals surface area contributed by atoms with Gasteiger partial charge in [0.25, 0.3) is 0 Å². The summed E-state index contributed by atoms with van der Waals surface area (Å²) in [5, 5.41) is 0. The highest BCUT2D eigenvalue weighted by Gasteiger charge is 2.54. The zero-order valence-corrected chi connectivity index (χ0v) is 13.6. The molecule has 1 spiro atoms. The van der Waals surface area contributed by atoms with Crippen LogP contribution in [0.2, 0.25) is 0 Å². The number of aryl methyl sites for hydroxylation is 1. The van der Waals surface area contributed by atoms with Crippen molar-refractivity contribution in [3.8, 4) is 0 Å². The van der Waals surface area contributed by atoms with Crippen LogP contribution in [0.3, 0.4) is 0 Å². The molecule has 1 heterocycles. The van der Waals surface area contributed by atoms with Gasteiger partial charge in [0.1, 0.15) is 6.29 Å². The van der Waals surface area contributed by atoms with Crippen LogP contribution in [-0.2, 0) is 4.79 Å². The smallest absolute Gasteiger partial charge is 0.123 e. The Morgan fingerprint density at radius 2 is 1.68 bits per heavy atom. The Labute approximate surface area is 133 Å². The van der Waals surface area contributed by atoms with E-state index in [1.54, 1.807) is 0 Å². The van der Waals surface area contributed by atoms with Crippen LogP contribution in [0.25, 0.3) is 0 Å².